The van der Waals surface area contributed by atoms with Crippen LogP contribution in [0.3, 0.4) is 0 Å². The van der Waals surface area contributed by atoms with E-state index in [-0.39, 0.29) is 5.91 Å². The summed E-state index contributed by atoms with van der Waals surface area (Å²) >= 11 is 1.70. The van der Waals surface area contributed by atoms with E-state index in [1.54, 1.807) is 18.4 Å². The Labute approximate surface area is 152 Å². The maximum atomic E-state index is 11.6. The van der Waals surface area contributed by atoms with Crippen molar-refractivity contribution in [2.75, 3.05) is 13.6 Å². The molecule has 0 unspecified atom stereocenters. The van der Waals surface area contributed by atoms with Crippen LogP contribution < -0.4 is 16.0 Å². The summed E-state index contributed by atoms with van der Waals surface area (Å²) in [5.74, 6) is 0.669. The zero-order valence-electron chi connectivity index (χ0n) is 15.1. The molecule has 7 heteroatoms. The van der Waals surface area contributed by atoms with E-state index >= 15 is 0 Å². The number of amides is 1. The summed E-state index contributed by atoms with van der Waals surface area (Å²) in [6, 6.07) is 7.46. The highest BCUT2D eigenvalue weighted by Crippen LogP contribution is 2.15. The van der Waals surface area contributed by atoms with Crippen LogP contribution in [0.1, 0.15) is 38.4 Å². The summed E-state index contributed by atoms with van der Waals surface area (Å²) in [7, 11) is 1.63. The normalized spacial score (nSPS) is 11.3. The number of aliphatic imine (C=N–C) groups is 1. The molecule has 6 nitrogen and oxygen atoms in total. The van der Waals surface area contributed by atoms with Crippen LogP contribution in [-0.4, -0.2) is 30.4 Å². The van der Waals surface area contributed by atoms with Crippen LogP contribution in [0.2, 0.25) is 0 Å². The van der Waals surface area contributed by atoms with Gasteiger partial charge in [0.25, 0.3) is 5.91 Å². The van der Waals surface area contributed by atoms with Crippen LogP contribution in [0, 0.1) is 13.8 Å². The summed E-state index contributed by atoms with van der Waals surface area (Å²) < 4.78 is 0. The second-order valence-electron chi connectivity index (χ2n) is 5.57. The van der Waals surface area contributed by atoms with Gasteiger partial charge in [0, 0.05) is 24.0 Å². The molecule has 0 atom stereocenters. The number of benzene rings is 1. The Hall–Kier alpha value is -2.41. The van der Waals surface area contributed by atoms with Gasteiger partial charge in [-0.15, -0.1) is 11.3 Å². The first-order chi connectivity index (χ1) is 12.0. The van der Waals surface area contributed by atoms with Crippen molar-refractivity contribution >= 4 is 23.2 Å². The molecule has 0 saturated carbocycles. The lowest BCUT2D eigenvalue weighted by atomic mass is 10.1. The molecule has 2 aromatic rings. The number of hydrogen-bond acceptors (Lipinski definition) is 4. The number of thiazole rings is 1. The van der Waals surface area contributed by atoms with Crippen molar-refractivity contribution < 1.29 is 4.79 Å². The standard InChI is InChI=1S/C18H25N5OS/c1-5-20-18(22-11-16-23-12(2)13(3)25-16)21-10-14-6-8-15(9-7-14)17(24)19-4/h6-9H,5,10-11H2,1-4H3,(H,19,24)(H2,20,21,22). The van der Waals surface area contributed by atoms with Crippen molar-refractivity contribution in [3.63, 3.8) is 0 Å². The SMILES string of the molecule is CCNC(=NCc1ccc(C(=O)NC)cc1)NCc1nc(C)c(C)s1. The number of nitrogens with zero attached hydrogens (tertiary/aromatic N) is 2. The fourth-order valence-corrected chi connectivity index (χ4v) is 3.07. The van der Waals surface area contributed by atoms with Gasteiger partial charge in [-0.1, -0.05) is 12.1 Å². The molecular formula is C18H25N5OS. The zero-order chi connectivity index (χ0) is 18.2. The average Bonchev–Trinajstić information content (AvgIpc) is 2.95. The van der Waals surface area contributed by atoms with Crippen molar-refractivity contribution in [2.45, 2.75) is 33.9 Å². The second-order valence-corrected chi connectivity index (χ2v) is 6.86. The van der Waals surface area contributed by atoms with E-state index in [1.165, 1.54) is 4.88 Å². The molecule has 0 aliphatic heterocycles. The van der Waals surface area contributed by atoms with Crippen LogP contribution in [0.25, 0.3) is 0 Å². The van der Waals surface area contributed by atoms with Gasteiger partial charge >= 0.3 is 0 Å². The summed E-state index contributed by atoms with van der Waals surface area (Å²) in [6.07, 6.45) is 0. The molecule has 134 valence electrons. The first-order valence-electron chi connectivity index (χ1n) is 8.29. The molecule has 0 saturated heterocycles. The van der Waals surface area contributed by atoms with E-state index in [0.29, 0.717) is 18.7 Å². The van der Waals surface area contributed by atoms with E-state index in [9.17, 15) is 4.79 Å². The van der Waals surface area contributed by atoms with Gasteiger partial charge in [0.2, 0.25) is 0 Å². The van der Waals surface area contributed by atoms with Gasteiger partial charge < -0.3 is 16.0 Å². The molecule has 0 fully saturated rings. The van der Waals surface area contributed by atoms with Crippen molar-refractivity contribution in [1.82, 2.24) is 20.9 Å². The highest BCUT2D eigenvalue weighted by atomic mass is 32.1. The van der Waals surface area contributed by atoms with Gasteiger partial charge in [0.1, 0.15) is 5.01 Å². The fourth-order valence-electron chi connectivity index (χ4n) is 2.19. The Balaban J connectivity index is 1.97. The number of aryl methyl sites for hydroxylation is 2. The maximum absolute atomic E-state index is 11.6. The quantitative estimate of drug-likeness (QED) is 0.547. The van der Waals surface area contributed by atoms with E-state index in [4.69, 9.17) is 0 Å². The molecule has 1 heterocycles. The Morgan fingerprint density at radius 1 is 1.20 bits per heavy atom. The van der Waals surface area contributed by atoms with Gasteiger partial charge in [-0.25, -0.2) is 9.98 Å². The van der Waals surface area contributed by atoms with Crippen LogP contribution in [0.5, 0.6) is 0 Å². The van der Waals surface area contributed by atoms with Crippen LogP contribution in [0.15, 0.2) is 29.3 Å². The zero-order valence-corrected chi connectivity index (χ0v) is 16.0. The summed E-state index contributed by atoms with van der Waals surface area (Å²) in [5, 5.41) is 10.2. The maximum Gasteiger partial charge on any atom is 0.251 e. The predicted octanol–water partition coefficient (Wildman–Crippen LogP) is 2.37. The molecule has 0 aliphatic rings. The molecule has 0 bridgehead atoms. The smallest absolute Gasteiger partial charge is 0.251 e. The topological polar surface area (TPSA) is 78.4 Å². The Bertz CT molecular complexity index is 717. The van der Waals surface area contributed by atoms with E-state index in [2.05, 4.69) is 32.9 Å². The minimum Gasteiger partial charge on any atom is -0.357 e. The molecular weight excluding hydrogens is 334 g/mol. The lowest BCUT2D eigenvalue weighted by molar-refractivity contribution is 0.0963. The van der Waals surface area contributed by atoms with Crippen LogP contribution in [0.4, 0.5) is 0 Å². The highest BCUT2D eigenvalue weighted by Gasteiger charge is 2.05. The van der Waals surface area contributed by atoms with Gasteiger partial charge in [-0.05, 0) is 38.5 Å². The Kier molecular flexibility index (Phi) is 6.94. The predicted molar refractivity (Wildman–Crippen MR) is 103 cm³/mol. The van der Waals surface area contributed by atoms with Crippen molar-refractivity contribution in [3.8, 4) is 0 Å². The molecule has 25 heavy (non-hydrogen) atoms. The molecule has 2 rings (SSSR count). The van der Waals surface area contributed by atoms with E-state index < -0.39 is 0 Å². The van der Waals surface area contributed by atoms with E-state index in [1.807, 2.05) is 38.1 Å². The van der Waals surface area contributed by atoms with Crippen molar-refractivity contribution in [2.24, 2.45) is 4.99 Å². The number of nitrogens with one attached hydrogen (secondary N) is 3. The first-order valence-corrected chi connectivity index (χ1v) is 9.11. The minimum atomic E-state index is -0.0842. The second kappa shape index (κ2) is 9.17. The molecule has 0 radical (unpaired) electrons. The number of carbonyl (C=O) groups is 1. The number of carbonyl (C=O) groups excluding carboxylic acids is 1. The molecule has 3 N–H and O–H groups in total. The number of hydrogen-bond donors (Lipinski definition) is 3. The number of guanidine groups is 1. The van der Waals surface area contributed by atoms with Gasteiger partial charge in [-0.3, -0.25) is 4.79 Å². The molecule has 1 aromatic carbocycles. The Morgan fingerprint density at radius 2 is 1.92 bits per heavy atom. The third-order valence-electron chi connectivity index (χ3n) is 3.69. The minimum absolute atomic E-state index is 0.0842. The molecule has 0 spiro atoms. The number of aromatic nitrogens is 1. The lowest BCUT2D eigenvalue weighted by Crippen LogP contribution is -2.36. The van der Waals surface area contributed by atoms with E-state index in [0.717, 1.165) is 28.8 Å². The molecule has 1 aromatic heterocycles. The van der Waals surface area contributed by atoms with Crippen molar-refractivity contribution in [1.29, 1.82) is 0 Å². The Morgan fingerprint density at radius 3 is 2.48 bits per heavy atom. The third-order valence-corrected chi connectivity index (χ3v) is 4.76. The monoisotopic (exact) mass is 359 g/mol. The number of rotatable bonds is 6. The summed E-state index contributed by atoms with van der Waals surface area (Å²) in [6.45, 7) is 8.12. The third kappa shape index (κ3) is 5.56. The van der Waals surface area contributed by atoms with Crippen molar-refractivity contribution in [3.05, 3.63) is 51.0 Å². The largest absolute Gasteiger partial charge is 0.357 e. The lowest BCUT2D eigenvalue weighted by Gasteiger charge is -2.10. The van der Waals surface area contributed by atoms with Crippen LogP contribution >= 0.6 is 11.3 Å². The fraction of sp³-hybridized carbons (Fsp3) is 0.389. The highest BCUT2D eigenvalue weighted by molar-refractivity contribution is 7.11. The summed E-state index contributed by atoms with van der Waals surface area (Å²) in [5.41, 5.74) is 2.78. The van der Waals surface area contributed by atoms with Gasteiger partial charge in [-0.2, -0.15) is 0 Å². The van der Waals surface area contributed by atoms with Gasteiger partial charge in [0.15, 0.2) is 5.96 Å². The van der Waals surface area contributed by atoms with Crippen LogP contribution in [-0.2, 0) is 13.1 Å². The molecule has 1 amide bonds. The first kappa shape index (κ1) is 18.9. The van der Waals surface area contributed by atoms with Gasteiger partial charge in [0.05, 0.1) is 18.8 Å². The summed E-state index contributed by atoms with van der Waals surface area (Å²) in [4.78, 5) is 21.9. The molecule has 0 aliphatic carbocycles. The average molecular weight is 359 g/mol.